The van der Waals surface area contributed by atoms with Crippen LogP contribution in [0.15, 0.2) is 78.9 Å². The van der Waals surface area contributed by atoms with Crippen LogP contribution in [0.5, 0.6) is 11.5 Å². The molecule has 0 aliphatic heterocycles. The second-order valence-electron chi connectivity index (χ2n) is 5.53. The Labute approximate surface area is 147 Å². The van der Waals surface area contributed by atoms with E-state index in [-0.39, 0.29) is 5.91 Å². The number of para-hydroxylation sites is 1. The lowest BCUT2D eigenvalue weighted by molar-refractivity contribution is 0.102. The number of methoxy groups -OCH3 is 1. The van der Waals surface area contributed by atoms with Gasteiger partial charge in [0, 0.05) is 24.4 Å². The molecule has 0 heterocycles. The fraction of sp³-hybridized carbons (Fsp3) is 0.0952. The largest absolute Gasteiger partial charge is 0.457 e. The van der Waals surface area contributed by atoms with Crippen molar-refractivity contribution in [1.29, 1.82) is 0 Å². The third-order valence-corrected chi connectivity index (χ3v) is 3.57. The monoisotopic (exact) mass is 333 g/mol. The average Bonchev–Trinajstić information content (AvgIpc) is 2.63. The molecule has 0 aliphatic carbocycles. The fourth-order valence-electron chi connectivity index (χ4n) is 2.43. The Morgan fingerprint density at radius 3 is 2.44 bits per heavy atom. The molecule has 25 heavy (non-hydrogen) atoms. The number of benzene rings is 3. The first-order chi connectivity index (χ1) is 12.2. The second kappa shape index (κ2) is 8.13. The van der Waals surface area contributed by atoms with Crippen LogP contribution in [0.2, 0.25) is 0 Å². The van der Waals surface area contributed by atoms with Gasteiger partial charge in [-0.05, 0) is 42.0 Å². The number of carbonyl (C=O) groups is 1. The van der Waals surface area contributed by atoms with Crippen LogP contribution < -0.4 is 10.1 Å². The standard InChI is InChI=1S/C21H19NO3/c1-24-15-16-7-5-8-17(13-16)21(23)22-18-9-6-12-20(14-18)25-19-10-3-2-4-11-19/h2-14H,15H2,1H3,(H,22,23). The molecule has 4 nitrogen and oxygen atoms in total. The maximum Gasteiger partial charge on any atom is 0.255 e. The number of ether oxygens (including phenoxy) is 2. The first kappa shape index (κ1) is 16.7. The molecule has 0 saturated heterocycles. The van der Waals surface area contributed by atoms with E-state index in [0.717, 1.165) is 11.3 Å². The highest BCUT2D eigenvalue weighted by Gasteiger charge is 2.08. The van der Waals surface area contributed by atoms with Gasteiger partial charge in [-0.1, -0.05) is 36.4 Å². The van der Waals surface area contributed by atoms with Gasteiger partial charge in [0.05, 0.1) is 6.61 Å². The molecule has 0 spiro atoms. The zero-order valence-electron chi connectivity index (χ0n) is 13.9. The Morgan fingerprint density at radius 2 is 1.64 bits per heavy atom. The van der Waals surface area contributed by atoms with Crippen LogP contribution in [0.1, 0.15) is 15.9 Å². The van der Waals surface area contributed by atoms with Gasteiger partial charge in [0.15, 0.2) is 0 Å². The molecule has 0 unspecified atom stereocenters. The topological polar surface area (TPSA) is 47.6 Å². The van der Waals surface area contributed by atoms with Gasteiger partial charge in [-0.3, -0.25) is 4.79 Å². The molecule has 3 aromatic carbocycles. The van der Waals surface area contributed by atoms with E-state index in [1.54, 1.807) is 19.2 Å². The molecular formula is C21H19NO3. The Balaban J connectivity index is 1.71. The molecule has 0 aliphatic rings. The van der Waals surface area contributed by atoms with Crippen molar-refractivity contribution in [3.63, 3.8) is 0 Å². The predicted molar refractivity (Wildman–Crippen MR) is 98.1 cm³/mol. The van der Waals surface area contributed by atoms with E-state index >= 15 is 0 Å². The van der Waals surface area contributed by atoms with Crippen molar-refractivity contribution in [3.05, 3.63) is 90.0 Å². The van der Waals surface area contributed by atoms with Crippen LogP contribution >= 0.6 is 0 Å². The van der Waals surface area contributed by atoms with Crippen molar-refractivity contribution in [2.24, 2.45) is 0 Å². The Kier molecular flexibility index (Phi) is 5.44. The molecule has 3 rings (SSSR count). The maximum atomic E-state index is 12.4. The summed E-state index contributed by atoms with van der Waals surface area (Å²) in [6, 6.07) is 24.2. The minimum atomic E-state index is -0.171. The highest BCUT2D eigenvalue weighted by atomic mass is 16.5. The number of carbonyl (C=O) groups excluding carboxylic acids is 1. The summed E-state index contributed by atoms with van der Waals surface area (Å²) < 4.78 is 10.9. The van der Waals surface area contributed by atoms with E-state index in [9.17, 15) is 4.79 Å². The molecule has 3 aromatic rings. The fourth-order valence-corrected chi connectivity index (χ4v) is 2.43. The zero-order valence-corrected chi connectivity index (χ0v) is 13.9. The van der Waals surface area contributed by atoms with Crippen LogP contribution in [0.25, 0.3) is 0 Å². The molecule has 0 bridgehead atoms. The van der Waals surface area contributed by atoms with Crippen molar-refractivity contribution in [2.45, 2.75) is 6.61 Å². The van der Waals surface area contributed by atoms with Gasteiger partial charge in [-0.25, -0.2) is 0 Å². The molecule has 0 fully saturated rings. The highest BCUT2D eigenvalue weighted by Crippen LogP contribution is 2.24. The molecule has 0 atom stereocenters. The Morgan fingerprint density at radius 1 is 0.880 bits per heavy atom. The van der Waals surface area contributed by atoms with Gasteiger partial charge in [0.1, 0.15) is 11.5 Å². The summed E-state index contributed by atoms with van der Waals surface area (Å²) in [6.45, 7) is 0.474. The van der Waals surface area contributed by atoms with Crippen LogP contribution in [0.3, 0.4) is 0 Å². The summed E-state index contributed by atoms with van der Waals surface area (Å²) in [5, 5.41) is 2.89. The SMILES string of the molecule is COCc1cccc(C(=O)Nc2cccc(Oc3ccccc3)c2)c1. The van der Waals surface area contributed by atoms with Gasteiger partial charge >= 0.3 is 0 Å². The van der Waals surface area contributed by atoms with E-state index in [1.165, 1.54) is 0 Å². The van der Waals surface area contributed by atoms with Crippen LogP contribution in [-0.4, -0.2) is 13.0 Å². The summed E-state index contributed by atoms with van der Waals surface area (Å²) >= 11 is 0. The number of amides is 1. The molecule has 4 heteroatoms. The molecule has 0 radical (unpaired) electrons. The van der Waals surface area contributed by atoms with Gasteiger partial charge in [-0.2, -0.15) is 0 Å². The lowest BCUT2D eigenvalue weighted by atomic mass is 10.1. The quantitative estimate of drug-likeness (QED) is 0.699. The maximum absolute atomic E-state index is 12.4. The molecule has 0 saturated carbocycles. The number of anilines is 1. The van der Waals surface area contributed by atoms with Crippen LogP contribution in [-0.2, 0) is 11.3 Å². The van der Waals surface area contributed by atoms with Gasteiger partial charge in [0.25, 0.3) is 5.91 Å². The highest BCUT2D eigenvalue weighted by molar-refractivity contribution is 6.04. The number of nitrogens with one attached hydrogen (secondary N) is 1. The van der Waals surface area contributed by atoms with Gasteiger partial charge in [-0.15, -0.1) is 0 Å². The van der Waals surface area contributed by atoms with E-state index in [0.29, 0.717) is 23.6 Å². The molecule has 1 N–H and O–H groups in total. The third kappa shape index (κ3) is 4.68. The van der Waals surface area contributed by atoms with Gasteiger partial charge in [0.2, 0.25) is 0 Å². The normalized spacial score (nSPS) is 10.3. The lowest BCUT2D eigenvalue weighted by Crippen LogP contribution is -2.12. The summed E-state index contributed by atoms with van der Waals surface area (Å²) in [6.07, 6.45) is 0. The Bertz CT molecular complexity index is 847. The van der Waals surface area contributed by atoms with E-state index < -0.39 is 0 Å². The van der Waals surface area contributed by atoms with Crippen LogP contribution in [0, 0.1) is 0 Å². The summed E-state index contributed by atoms with van der Waals surface area (Å²) in [5.74, 6) is 1.24. The summed E-state index contributed by atoms with van der Waals surface area (Å²) in [4.78, 5) is 12.4. The Hall–Kier alpha value is -3.11. The average molecular weight is 333 g/mol. The zero-order chi connectivity index (χ0) is 17.5. The van der Waals surface area contributed by atoms with Gasteiger partial charge < -0.3 is 14.8 Å². The molecule has 1 amide bonds. The minimum absolute atomic E-state index is 0.171. The van der Waals surface area contributed by atoms with Crippen molar-refractivity contribution in [1.82, 2.24) is 0 Å². The first-order valence-electron chi connectivity index (χ1n) is 7.97. The van der Waals surface area contributed by atoms with Crippen LogP contribution in [0.4, 0.5) is 5.69 Å². The molecule has 0 aromatic heterocycles. The van der Waals surface area contributed by atoms with Crippen molar-refractivity contribution >= 4 is 11.6 Å². The predicted octanol–water partition coefficient (Wildman–Crippen LogP) is 4.88. The second-order valence-corrected chi connectivity index (χ2v) is 5.53. The third-order valence-electron chi connectivity index (χ3n) is 3.57. The smallest absolute Gasteiger partial charge is 0.255 e. The number of rotatable bonds is 6. The van der Waals surface area contributed by atoms with Crippen molar-refractivity contribution in [3.8, 4) is 11.5 Å². The molecule has 126 valence electrons. The first-order valence-corrected chi connectivity index (χ1v) is 7.97. The lowest BCUT2D eigenvalue weighted by Gasteiger charge is -2.09. The van der Waals surface area contributed by atoms with Crippen molar-refractivity contribution < 1.29 is 14.3 Å². The van der Waals surface area contributed by atoms with Crippen molar-refractivity contribution in [2.75, 3.05) is 12.4 Å². The summed E-state index contributed by atoms with van der Waals surface area (Å²) in [5.41, 5.74) is 2.22. The molecular weight excluding hydrogens is 314 g/mol. The number of hydrogen-bond donors (Lipinski definition) is 1. The number of hydrogen-bond acceptors (Lipinski definition) is 3. The van der Waals surface area contributed by atoms with E-state index in [2.05, 4.69) is 5.32 Å². The van der Waals surface area contributed by atoms with E-state index in [4.69, 9.17) is 9.47 Å². The minimum Gasteiger partial charge on any atom is -0.457 e. The van der Waals surface area contributed by atoms with E-state index in [1.807, 2.05) is 66.7 Å². The summed E-state index contributed by atoms with van der Waals surface area (Å²) in [7, 11) is 1.63.